The van der Waals surface area contributed by atoms with Gasteiger partial charge in [0.05, 0.1) is 5.52 Å². The molecule has 3 nitrogen and oxygen atoms in total. The second-order valence-corrected chi connectivity index (χ2v) is 2.60. The highest BCUT2D eigenvalue weighted by Gasteiger charge is 1.98. The zero-order valence-corrected chi connectivity index (χ0v) is 7.09. The summed E-state index contributed by atoms with van der Waals surface area (Å²) in [5.41, 5.74) is 1.90. The van der Waals surface area contributed by atoms with Gasteiger partial charge in [-0.1, -0.05) is 30.0 Å². The summed E-state index contributed by atoms with van der Waals surface area (Å²) >= 11 is 0. The van der Waals surface area contributed by atoms with Crippen molar-refractivity contribution in [3.8, 4) is 0 Å². The van der Waals surface area contributed by atoms with Gasteiger partial charge in [-0.25, -0.2) is 4.68 Å². The maximum atomic E-state index is 4.00. The number of nitrogens with zero attached hydrogens (tertiary/aromatic N) is 3. The molecule has 0 aliphatic heterocycles. The largest absolute Gasteiger partial charge is 0.220 e. The summed E-state index contributed by atoms with van der Waals surface area (Å²) in [5.74, 6) is 0. The second-order valence-electron chi connectivity index (χ2n) is 2.60. The molecule has 2 rings (SSSR count). The van der Waals surface area contributed by atoms with Crippen molar-refractivity contribution in [3.05, 3.63) is 43.0 Å². The molecule has 0 aliphatic carbocycles. The Labute approximate surface area is 76.0 Å². The fourth-order valence-corrected chi connectivity index (χ4v) is 1.14. The minimum absolute atomic E-state index is 0.899. The predicted molar refractivity (Wildman–Crippen MR) is 53.1 cm³/mol. The Morgan fingerprint density at radius 2 is 2.15 bits per heavy atom. The summed E-state index contributed by atoms with van der Waals surface area (Å²) in [4.78, 5) is 0. The second kappa shape index (κ2) is 3.23. The molecule has 1 aromatic carbocycles. The number of para-hydroxylation sites is 1. The van der Waals surface area contributed by atoms with Crippen molar-refractivity contribution >= 4 is 17.2 Å². The quantitative estimate of drug-likeness (QED) is 0.648. The van der Waals surface area contributed by atoms with Crippen molar-refractivity contribution in [2.75, 3.05) is 0 Å². The van der Waals surface area contributed by atoms with E-state index >= 15 is 0 Å². The first-order valence-electron chi connectivity index (χ1n) is 4.01. The Morgan fingerprint density at radius 3 is 3.00 bits per heavy atom. The zero-order valence-electron chi connectivity index (χ0n) is 7.09. The van der Waals surface area contributed by atoms with Gasteiger partial charge in [0.15, 0.2) is 0 Å². The average molecular weight is 171 g/mol. The summed E-state index contributed by atoms with van der Waals surface area (Å²) < 4.78 is 1.72. The SMILES string of the molecule is C=CC=Cn1nnc2ccccc21. The van der Waals surface area contributed by atoms with E-state index in [1.54, 1.807) is 10.8 Å². The third-order valence-electron chi connectivity index (χ3n) is 1.74. The summed E-state index contributed by atoms with van der Waals surface area (Å²) in [6, 6.07) is 7.81. The van der Waals surface area contributed by atoms with E-state index in [1.807, 2.05) is 36.5 Å². The number of hydrogen-bond acceptors (Lipinski definition) is 2. The van der Waals surface area contributed by atoms with Crippen LogP contribution in [0.1, 0.15) is 0 Å². The van der Waals surface area contributed by atoms with Crippen molar-refractivity contribution in [1.82, 2.24) is 15.0 Å². The fourth-order valence-electron chi connectivity index (χ4n) is 1.14. The minimum atomic E-state index is 0.899. The van der Waals surface area contributed by atoms with Gasteiger partial charge < -0.3 is 0 Å². The van der Waals surface area contributed by atoms with E-state index in [0.717, 1.165) is 11.0 Å². The summed E-state index contributed by atoms with van der Waals surface area (Å²) in [5, 5.41) is 7.96. The summed E-state index contributed by atoms with van der Waals surface area (Å²) in [6.45, 7) is 3.59. The Bertz CT molecular complexity index is 454. The number of aromatic nitrogens is 3. The first kappa shape index (κ1) is 7.73. The Hall–Kier alpha value is -1.90. The van der Waals surface area contributed by atoms with Gasteiger partial charge >= 0.3 is 0 Å². The molecule has 0 aliphatic rings. The van der Waals surface area contributed by atoms with Gasteiger partial charge in [-0.3, -0.25) is 0 Å². The van der Waals surface area contributed by atoms with Crippen molar-refractivity contribution in [3.63, 3.8) is 0 Å². The molecule has 1 aromatic heterocycles. The minimum Gasteiger partial charge on any atom is -0.220 e. The molecule has 0 bridgehead atoms. The van der Waals surface area contributed by atoms with Crippen LogP contribution in [0.4, 0.5) is 0 Å². The monoisotopic (exact) mass is 171 g/mol. The van der Waals surface area contributed by atoms with Gasteiger partial charge in [-0.05, 0) is 18.2 Å². The third kappa shape index (κ3) is 1.36. The van der Waals surface area contributed by atoms with Crippen molar-refractivity contribution in [2.45, 2.75) is 0 Å². The van der Waals surface area contributed by atoms with E-state index in [-0.39, 0.29) is 0 Å². The topological polar surface area (TPSA) is 30.7 Å². The molecule has 0 saturated heterocycles. The summed E-state index contributed by atoms with van der Waals surface area (Å²) in [7, 11) is 0. The highest BCUT2D eigenvalue weighted by molar-refractivity contribution is 5.75. The number of rotatable bonds is 2. The molecule has 0 saturated carbocycles. The van der Waals surface area contributed by atoms with Crippen molar-refractivity contribution in [1.29, 1.82) is 0 Å². The van der Waals surface area contributed by atoms with Crippen LogP contribution in [0.2, 0.25) is 0 Å². The average Bonchev–Trinajstić information content (AvgIpc) is 2.58. The molecule has 0 spiro atoms. The van der Waals surface area contributed by atoms with Gasteiger partial charge in [-0.15, -0.1) is 5.10 Å². The van der Waals surface area contributed by atoms with Gasteiger partial charge in [0.2, 0.25) is 0 Å². The molecule has 0 amide bonds. The first-order valence-corrected chi connectivity index (χ1v) is 4.01. The molecular weight excluding hydrogens is 162 g/mol. The van der Waals surface area contributed by atoms with E-state index in [1.165, 1.54) is 0 Å². The van der Waals surface area contributed by atoms with E-state index in [9.17, 15) is 0 Å². The highest BCUT2D eigenvalue weighted by Crippen LogP contribution is 2.09. The number of benzene rings is 1. The van der Waals surface area contributed by atoms with Crippen LogP contribution in [0.15, 0.2) is 43.0 Å². The van der Waals surface area contributed by atoms with E-state index in [4.69, 9.17) is 0 Å². The lowest BCUT2D eigenvalue weighted by molar-refractivity contribution is 0.861. The van der Waals surface area contributed by atoms with Crippen LogP contribution in [-0.2, 0) is 0 Å². The Morgan fingerprint density at radius 1 is 1.31 bits per heavy atom. The van der Waals surface area contributed by atoms with Crippen LogP contribution in [0.5, 0.6) is 0 Å². The van der Waals surface area contributed by atoms with Gasteiger partial charge in [-0.2, -0.15) is 0 Å². The fraction of sp³-hybridized carbons (Fsp3) is 0. The van der Waals surface area contributed by atoms with E-state index in [2.05, 4.69) is 16.9 Å². The lowest BCUT2D eigenvalue weighted by Gasteiger charge is -1.90. The highest BCUT2D eigenvalue weighted by atomic mass is 15.4. The molecule has 0 N–H and O–H groups in total. The van der Waals surface area contributed by atoms with Gasteiger partial charge in [0.1, 0.15) is 5.52 Å². The molecule has 3 heteroatoms. The van der Waals surface area contributed by atoms with Crippen molar-refractivity contribution < 1.29 is 0 Å². The van der Waals surface area contributed by atoms with Crippen LogP contribution in [-0.4, -0.2) is 15.0 Å². The normalized spacial score (nSPS) is 11.1. The molecule has 1 heterocycles. The summed E-state index contributed by atoms with van der Waals surface area (Å²) in [6.07, 6.45) is 5.35. The lowest BCUT2D eigenvalue weighted by Crippen LogP contribution is -1.87. The standard InChI is InChI=1S/C10H9N3/c1-2-3-8-13-10-7-5-4-6-9(10)11-12-13/h2-8H,1H2. The number of allylic oxidation sites excluding steroid dienone is 2. The molecule has 0 unspecified atom stereocenters. The number of hydrogen-bond donors (Lipinski definition) is 0. The maximum absolute atomic E-state index is 4.00. The van der Waals surface area contributed by atoms with Gasteiger partial charge in [0.25, 0.3) is 0 Å². The zero-order chi connectivity index (χ0) is 9.10. The molecule has 64 valence electrons. The van der Waals surface area contributed by atoms with Crippen LogP contribution in [0.25, 0.3) is 17.2 Å². The van der Waals surface area contributed by atoms with E-state index < -0.39 is 0 Å². The van der Waals surface area contributed by atoms with Crippen LogP contribution >= 0.6 is 0 Å². The van der Waals surface area contributed by atoms with Crippen LogP contribution < -0.4 is 0 Å². The first-order chi connectivity index (χ1) is 6.42. The predicted octanol–water partition coefficient (Wildman–Crippen LogP) is 2.09. The molecule has 0 atom stereocenters. The lowest BCUT2D eigenvalue weighted by atomic mass is 10.3. The van der Waals surface area contributed by atoms with Crippen LogP contribution in [0, 0.1) is 0 Å². The smallest absolute Gasteiger partial charge is 0.113 e. The Balaban J connectivity index is 2.57. The van der Waals surface area contributed by atoms with Crippen molar-refractivity contribution in [2.24, 2.45) is 0 Å². The molecule has 0 radical (unpaired) electrons. The molecule has 0 fully saturated rings. The van der Waals surface area contributed by atoms with Gasteiger partial charge in [0, 0.05) is 6.20 Å². The molecule has 2 aromatic rings. The Kier molecular flexibility index (Phi) is 1.92. The third-order valence-corrected chi connectivity index (χ3v) is 1.74. The molecule has 13 heavy (non-hydrogen) atoms. The van der Waals surface area contributed by atoms with Crippen LogP contribution in [0.3, 0.4) is 0 Å². The maximum Gasteiger partial charge on any atom is 0.113 e. The number of fused-ring (bicyclic) bond motifs is 1. The van der Waals surface area contributed by atoms with E-state index in [0.29, 0.717) is 0 Å². The molecular formula is C10H9N3.